The average molecular weight is 110 g/mol. The van der Waals surface area contributed by atoms with Crippen LogP contribution in [0.3, 0.4) is 0 Å². The molecule has 8 heavy (non-hydrogen) atoms. The highest BCUT2D eigenvalue weighted by Gasteiger charge is 1.94. The zero-order valence-corrected chi connectivity index (χ0v) is 4.33. The van der Waals surface area contributed by atoms with Crippen molar-refractivity contribution in [2.75, 3.05) is 6.61 Å². The van der Waals surface area contributed by atoms with E-state index < -0.39 is 0 Å². The van der Waals surface area contributed by atoms with Gasteiger partial charge in [-0.3, -0.25) is 4.79 Å². The van der Waals surface area contributed by atoms with Gasteiger partial charge in [-0.1, -0.05) is 6.08 Å². The fraction of sp³-hybridized carbons (Fsp3) is 0.167. The molecule has 0 saturated heterocycles. The lowest BCUT2D eigenvalue weighted by Crippen LogP contribution is -1.96. The summed E-state index contributed by atoms with van der Waals surface area (Å²) < 4.78 is 4.83. The van der Waals surface area contributed by atoms with Gasteiger partial charge in [0, 0.05) is 0 Å². The maximum atomic E-state index is 9.93. The Morgan fingerprint density at radius 1 is 1.75 bits per heavy atom. The summed E-state index contributed by atoms with van der Waals surface area (Å²) in [7, 11) is 0. The number of hydrogen-bond acceptors (Lipinski definition) is 2. The number of allylic oxidation sites excluding steroid dienone is 3. The van der Waals surface area contributed by atoms with Crippen molar-refractivity contribution in [1.29, 1.82) is 0 Å². The highest BCUT2D eigenvalue weighted by Crippen LogP contribution is 1.98. The summed E-state index contributed by atoms with van der Waals surface area (Å²) in [5, 5.41) is 0. The van der Waals surface area contributed by atoms with E-state index in [-0.39, 0.29) is 0 Å². The predicted octanol–water partition coefficient (Wildman–Crippen LogP) is 0.656. The van der Waals surface area contributed by atoms with Gasteiger partial charge < -0.3 is 4.74 Å². The van der Waals surface area contributed by atoms with Crippen LogP contribution < -0.4 is 0 Å². The van der Waals surface area contributed by atoms with Gasteiger partial charge in [-0.15, -0.1) is 0 Å². The Balaban J connectivity index is 2.63. The van der Waals surface area contributed by atoms with Crippen LogP contribution >= 0.6 is 0 Å². The van der Waals surface area contributed by atoms with Gasteiger partial charge in [0.25, 0.3) is 0 Å². The van der Waals surface area contributed by atoms with Crippen molar-refractivity contribution >= 4 is 6.29 Å². The Bertz CT molecular complexity index is 145. The molecule has 1 aliphatic heterocycles. The molecule has 0 aromatic carbocycles. The Labute approximate surface area is 47.5 Å². The third-order valence-electron chi connectivity index (χ3n) is 0.859. The van der Waals surface area contributed by atoms with Crippen LogP contribution in [0.5, 0.6) is 0 Å². The van der Waals surface area contributed by atoms with E-state index >= 15 is 0 Å². The van der Waals surface area contributed by atoms with Crippen LogP contribution in [0.2, 0.25) is 0 Å². The van der Waals surface area contributed by atoms with Crippen molar-refractivity contribution in [2.45, 2.75) is 0 Å². The maximum Gasteiger partial charge on any atom is 0.184 e. The van der Waals surface area contributed by atoms with Gasteiger partial charge in [-0.2, -0.15) is 0 Å². The van der Waals surface area contributed by atoms with E-state index in [1.54, 1.807) is 12.2 Å². The van der Waals surface area contributed by atoms with E-state index in [0.29, 0.717) is 18.7 Å². The summed E-state index contributed by atoms with van der Waals surface area (Å²) in [5.41, 5.74) is 0. The molecule has 2 nitrogen and oxygen atoms in total. The molecule has 0 saturated carbocycles. The molecule has 1 aliphatic rings. The fourth-order valence-electron chi connectivity index (χ4n) is 0.484. The quantitative estimate of drug-likeness (QED) is 0.463. The van der Waals surface area contributed by atoms with E-state index in [1.807, 2.05) is 6.08 Å². The van der Waals surface area contributed by atoms with E-state index in [0.717, 1.165) is 0 Å². The van der Waals surface area contributed by atoms with Crippen molar-refractivity contribution in [1.82, 2.24) is 0 Å². The normalized spacial score (nSPS) is 16.8. The second kappa shape index (κ2) is 2.31. The first-order valence-electron chi connectivity index (χ1n) is 2.38. The molecule has 0 fully saturated rings. The van der Waals surface area contributed by atoms with Gasteiger partial charge >= 0.3 is 0 Å². The van der Waals surface area contributed by atoms with Crippen LogP contribution in [0, 0.1) is 0 Å². The van der Waals surface area contributed by atoms with Crippen molar-refractivity contribution in [3.8, 4) is 0 Å². The van der Waals surface area contributed by atoms with Gasteiger partial charge in [0.1, 0.15) is 6.61 Å². The first-order valence-corrected chi connectivity index (χ1v) is 2.38. The molecule has 1 heterocycles. The highest BCUT2D eigenvalue weighted by molar-refractivity contribution is 5.71. The largest absolute Gasteiger partial charge is 0.486 e. The summed E-state index contributed by atoms with van der Waals surface area (Å²) in [6, 6.07) is 0. The first-order chi connectivity index (χ1) is 3.93. The number of carbonyl (C=O) groups excluding carboxylic acids is 1. The third-order valence-corrected chi connectivity index (χ3v) is 0.859. The summed E-state index contributed by atoms with van der Waals surface area (Å²) in [4.78, 5) is 9.93. The second-order valence-electron chi connectivity index (χ2n) is 1.43. The standard InChI is InChI=1S/C6H6O2/c7-5-6-3-1-2-4-8-6/h1-3,5H,4H2. The molecule has 0 amide bonds. The topological polar surface area (TPSA) is 26.3 Å². The fourth-order valence-corrected chi connectivity index (χ4v) is 0.484. The smallest absolute Gasteiger partial charge is 0.184 e. The summed E-state index contributed by atoms with van der Waals surface area (Å²) in [6.07, 6.45) is 5.97. The average Bonchev–Trinajstić information content (AvgIpc) is 1.90. The molecule has 0 aromatic rings. The molecule has 0 aliphatic carbocycles. The van der Waals surface area contributed by atoms with Gasteiger partial charge in [0.15, 0.2) is 12.0 Å². The molecule has 42 valence electrons. The number of rotatable bonds is 1. The molecule has 0 unspecified atom stereocenters. The minimum Gasteiger partial charge on any atom is -0.486 e. The first kappa shape index (κ1) is 5.09. The monoisotopic (exact) mass is 110 g/mol. The minimum absolute atomic E-state index is 0.410. The van der Waals surface area contributed by atoms with Crippen LogP contribution in [0.1, 0.15) is 0 Å². The van der Waals surface area contributed by atoms with Gasteiger partial charge in [0.2, 0.25) is 0 Å². The molecular weight excluding hydrogens is 104 g/mol. The lowest BCUT2D eigenvalue weighted by molar-refractivity contribution is -0.107. The lowest BCUT2D eigenvalue weighted by Gasteiger charge is -2.02. The third kappa shape index (κ3) is 0.964. The molecular formula is C6H6O2. The SMILES string of the molecule is O=CC1=CC=CCO1. The number of hydrogen-bond donors (Lipinski definition) is 0. The molecule has 0 radical (unpaired) electrons. The molecule has 0 aromatic heterocycles. The van der Waals surface area contributed by atoms with E-state index in [1.165, 1.54) is 0 Å². The minimum atomic E-state index is 0.410. The maximum absolute atomic E-state index is 9.93. The van der Waals surface area contributed by atoms with Gasteiger partial charge in [-0.25, -0.2) is 0 Å². The van der Waals surface area contributed by atoms with Crippen molar-refractivity contribution in [2.24, 2.45) is 0 Å². The summed E-state index contributed by atoms with van der Waals surface area (Å²) in [5.74, 6) is 0.410. The second-order valence-corrected chi connectivity index (χ2v) is 1.43. The number of ether oxygens (including phenoxy) is 1. The Morgan fingerprint density at radius 2 is 2.62 bits per heavy atom. The van der Waals surface area contributed by atoms with Crippen molar-refractivity contribution in [3.05, 3.63) is 24.0 Å². The van der Waals surface area contributed by atoms with Gasteiger partial charge in [0.05, 0.1) is 0 Å². The number of carbonyl (C=O) groups is 1. The summed E-state index contributed by atoms with van der Waals surface area (Å²) in [6.45, 7) is 0.518. The molecule has 1 rings (SSSR count). The van der Waals surface area contributed by atoms with Gasteiger partial charge in [-0.05, 0) is 12.2 Å². The lowest BCUT2D eigenvalue weighted by atomic mass is 10.4. The van der Waals surface area contributed by atoms with E-state index in [9.17, 15) is 4.79 Å². The van der Waals surface area contributed by atoms with E-state index in [4.69, 9.17) is 4.74 Å². The molecule has 0 N–H and O–H groups in total. The molecule has 0 spiro atoms. The zero-order chi connectivity index (χ0) is 5.82. The van der Waals surface area contributed by atoms with Crippen LogP contribution in [-0.2, 0) is 9.53 Å². The van der Waals surface area contributed by atoms with Crippen LogP contribution in [0.4, 0.5) is 0 Å². The van der Waals surface area contributed by atoms with Crippen LogP contribution in [0.15, 0.2) is 24.0 Å². The zero-order valence-electron chi connectivity index (χ0n) is 4.33. The van der Waals surface area contributed by atoms with E-state index in [2.05, 4.69) is 0 Å². The number of aldehydes is 1. The molecule has 2 heteroatoms. The Kier molecular flexibility index (Phi) is 1.47. The Hall–Kier alpha value is -1.05. The van der Waals surface area contributed by atoms with Crippen molar-refractivity contribution < 1.29 is 9.53 Å². The van der Waals surface area contributed by atoms with Crippen LogP contribution in [-0.4, -0.2) is 12.9 Å². The Morgan fingerprint density at radius 3 is 3.00 bits per heavy atom. The predicted molar refractivity (Wildman–Crippen MR) is 29.2 cm³/mol. The van der Waals surface area contributed by atoms with Crippen molar-refractivity contribution in [3.63, 3.8) is 0 Å². The molecule has 0 atom stereocenters. The molecule has 0 bridgehead atoms. The highest BCUT2D eigenvalue weighted by atomic mass is 16.5. The summed E-state index contributed by atoms with van der Waals surface area (Å²) >= 11 is 0. The van der Waals surface area contributed by atoms with Crippen LogP contribution in [0.25, 0.3) is 0 Å².